The molecule has 0 aliphatic carbocycles. The van der Waals surface area contributed by atoms with Gasteiger partial charge in [0.15, 0.2) is 0 Å². The second-order valence-electron chi connectivity index (χ2n) is 5.50. The molecule has 1 aromatic carbocycles. The van der Waals surface area contributed by atoms with Crippen molar-refractivity contribution in [1.82, 2.24) is 10.2 Å². The maximum atomic E-state index is 12.7. The number of carbonyl (C=O) groups is 1. The summed E-state index contributed by atoms with van der Waals surface area (Å²) >= 11 is 5.91. The van der Waals surface area contributed by atoms with Crippen molar-refractivity contribution < 1.29 is 18.0 Å². The molecule has 1 aromatic rings. The fourth-order valence-corrected chi connectivity index (χ4v) is 2.68. The minimum absolute atomic E-state index is 0.144. The summed E-state index contributed by atoms with van der Waals surface area (Å²) in [6.45, 7) is 1.71. The number of hydrogen-bond acceptors (Lipinski definition) is 2. The number of nitrogens with one attached hydrogen (secondary N) is 1. The lowest BCUT2D eigenvalue weighted by Crippen LogP contribution is -2.43. The molecular weight excluding hydrogens is 329 g/mol. The molecule has 1 aliphatic heterocycles. The zero-order valence-electron chi connectivity index (χ0n) is 12.7. The van der Waals surface area contributed by atoms with Gasteiger partial charge in [-0.2, -0.15) is 13.2 Å². The second kappa shape index (κ2) is 7.36. The van der Waals surface area contributed by atoms with E-state index >= 15 is 0 Å². The van der Waals surface area contributed by atoms with Crippen molar-refractivity contribution in [2.75, 3.05) is 20.1 Å². The molecule has 0 atom stereocenters. The molecule has 0 radical (unpaired) electrons. The Balaban J connectivity index is 2.11. The molecule has 0 bridgehead atoms. The normalized spacial score (nSPS) is 16.7. The van der Waals surface area contributed by atoms with Crippen LogP contribution in [-0.2, 0) is 11.0 Å². The Kier molecular flexibility index (Phi) is 5.70. The first-order valence-electron chi connectivity index (χ1n) is 7.31. The van der Waals surface area contributed by atoms with Gasteiger partial charge in [0.1, 0.15) is 0 Å². The molecule has 0 unspecified atom stereocenters. The highest BCUT2D eigenvalue weighted by atomic mass is 35.5. The summed E-state index contributed by atoms with van der Waals surface area (Å²) in [5.74, 6) is -0.245. The molecule has 7 heteroatoms. The monoisotopic (exact) mass is 346 g/mol. The van der Waals surface area contributed by atoms with E-state index in [4.69, 9.17) is 11.6 Å². The van der Waals surface area contributed by atoms with Gasteiger partial charge in [-0.3, -0.25) is 4.79 Å². The average molecular weight is 347 g/mol. The lowest BCUT2D eigenvalue weighted by molar-refractivity contribution is -0.137. The van der Waals surface area contributed by atoms with Gasteiger partial charge in [-0.25, -0.2) is 0 Å². The number of rotatable bonds is 3. The van der Waals surface area contributed by atoms with Crippen LogP contribution in [0.15, 0.2) is 24.3 Å². The van der Waals surface area contributed by atoms with Crippen LogP contribution in [0.3, 0.4) is 0 Å². The van der Waals surface area contributed by atoms with E-state index < -0.39 is 11.7 Å². The Morgan fingerprint density at radius 3 is 2.61 bits per heavy atom. The van der Waals surface area contributed by atoms with Crippen LogP contribution < -0.4 is 5.32 Å². The zero-order valence-corrected chi connectivity index (χ0v) is 13.4. The lowest BCUT2D eigenvalue weighted by Gasteiger charge is -2.30. The first-order chi connectivity index (χ1) is 10.8. The molecule has 126 valence electrons. The molecule has 2 rings (SSSR count). The predicted octanol–water partition coefficient (Wildman–Crippen LogP) is 3.58. The molecule has 1 saturated heterocycles. The predicted molar refractivity (Wildman–Crippen MR) is 84.1 cm³/mol. The Morgan fingerprint density at radius 1 is 1.35 bits per heavy atom. The van der Waals surface area contributed by atoms with Gasteiger partial charge in [0.25, 0.3) is 0 Å². The third kappa shape index (κ3) is 4.72. The number of amides is 1. The van der Waals surface area contributed by atoms with Crippen molar-refractivity contribution in [3.05, 3.63) is 40.4 Å². The van der Waals surface area contributed by atoms with Crippen LogP contribution in [0.2, 0.25) is 5.02 Å². The molecule has 23 heavy (non-hydrogen) atoms. The highest BCUT2D eigenvalue weighted by Gasteiger charge is 2.30. The second-order valence-corrected chi connectivity index (χ2v) is 5.90. The summed E-state index contributed by atoms with van der Waals surface area (Å²) < 4.78 is 38.2. The highest BCUT2D eigenvalue weighted by molar-refractivity contribution is 6.32. The Hall–Kier alpha value is -1.53. The van der Waals surface area contributed by atoms with Crippen LogP contribution in [-0.4, -0.2) is 37.0 Å². The van der Waals surface area contributed by atoms with Crippen molar-refractivity contribution in [3.63, 3.8) is 0 Å². The number of halogens is 4. The van der Waals surface area contributed by atoms with E-state index in [0.29, 0.717) is 0 Å². The van der Waals surface area contributed by atoms with Crippen molar-refractivity contribution >= 4 is 23.6 Å². The molecule has 1 heterocycles. The Morgan fingerprint density at radius 2 is 2.00 bits per heavy atom. The highest BCUT2D eigenvalue weighted by Crippen LogP contribution is 2.32. The van der Waals surface area contributed by atoms with Crippen LogP contribution in [0.1, 0.15) is 24.0 Å². The molecular formula is C16H18ClF3N2O. The number of benzene rings is 1. The number of hydrogen-bond donors (Lipinski definition) is 1. The largest absolute Gasteiger partial charge is 0.416 e. The number of nitrogens with zero attached hydrogens (tertiary/aromatic N) is 1. The Labute approximate surface area is 138 Å². The molecule has 0 aromatic heterocycles. The summed E-state index contributed by atoms with van der Waals surface area (Å²) in [5, 5.41) is 3.39. The fourth-order valence-electron chi connectivity index (χ4n) is 2.50. The maximum Gasteiger partial charge on any atom is 0.416 e. The van der Waals surface area contributed by atoms with Gasteiger partial charge in [0.05, 0.1) is 5.56 Å². The number of likely N-dealkylation sites (N-methyl/N-ethyl adjacent to an activating group) is 1. The standard InChI is InChI=1S/C16H18ClF3N2O/c1-22(13-6-8-21-9-7-13)15(23)5-2-11-10-12(16(18,19)20)3-4-14(11)17/h2-5,10,13,21H,6-9H2,1H3. The summed E-state index contributed by atoms with van der Waals surface area (Å²) in [6.07, 6.45) is -0.120. The van der Waals surface area contributed by atoms with E-state index in [0.717, 1.165) is 38.1 Å². The van der Waals surface area contributed by atoms with Gasteiger partial charge < -0.3 is 10.2 Å². The lowest BCUT2D eigenvalue weighted by atomic mass is 10.1. The van der Waals surface area contributed by atoms with E-state index in [-0.39, 0.29) is 22.5 Å². The van der Waals surface area contributed by atoms with Gasteiger partial charge in [-0.1, -0.05) is 11.6 Å². The zero-order chi connectivity index (χ0) is 17.0. The third-order valence-electron chi connectivity index (χ3n) is 3.93. The maximum absolute atomic E-state index is 12.7. The van der Waals surface area contributed by atoms with Crippen molar-refractivity contribution in [1.29, 1.82) is 0 Å². The quantitative estimate of drug-likeness (QED) is 0.848. The van der Waals surface area contributed by atoms with Crippen LogP contribution in [0.4, 0.5) is 13.2 Å². The topological polar surface area (TPSA) is 32.3 Å². The van der Waals surface area contributed by atoms with E-state index in [1.807, 2.05) is 0 Å². The average Bonchev–Trinajstić information content (AvgIpc) is 2.52. The molecule has 1 fully saturated rings. The van der Waals surface area contributed by atoms with E-state index in [1.165, 1.54) is 18.2 Å². The van der Waals surface area contributed by atoms with Gasteiger partial charge in [-0.15, -0.1) is 0 Å². The summed E-state index contributed by atoms with van der Waals surface area (Å²) in [7, 11) is 1.70. The molecule has 3 nitrogen and oxygen atoms in total. The third-order valence-corrected chi connectivity index (χ3v) is 4.28. The van der Waals surface area contributed by atoms with Gasteiger partial charge in [0.2, 0.25) is 5.91 Å². The molecule has 1 aliphatic rings. The van der Waals surface area contributed by atoms with Gasteiger partial charge in [0, 0.05) is 24.2 Å². The number of alkyl halides is 3. The first kappa shape index (κ1) is 17.8. The van der Waals surface area contributed by atoms with E-state index in [1.54, 1.807) is 11.9 Å². The number of carbonyl (C=O) groups excluding carboxylic acids is 1. The fraction of sp³-hybridized carbons (Fsp3) is 0.438. The van der Waals surface area contributed by atoms with Crippen LogP contribution in [0.5, 0.6) is 0 Å². The first-order valence-corrected chi connectivity index (χ1v) is 7.69. The summed E-state index contributed by atoms with van der Waals surface area (Å²) in [6, 6.07) is 3.19. The van der Waals surface area contributed by atoms with Crippen LogP contribution in [0.25, 0.3) is 6.08 Å². The van der Waals surface area contributed by atoms with Crippen molar-refractivity contribution in [2.24, 2.45) is 0 Å². The molecule has 0 spiro atoms. The van der Waals surface area contributed by atoms with Gasteiger partial charge >= 0.3 is 6.18 Å². The summed E-state index contributed by atoms with van der Waals surface area (Å²) in [5.41, 5.74) is -0.616. The Bertz CT molecular complexity index is 595. The van der Waals surface area contributed by atoms with Crippen molar-refractivity contribution in [3.8, 4) is 0 Å². The van der Waals surface area contributed by atoms with E-state index in [9.17, 15) is 18.0 Å². The minimum atomic E-state index is -4.44. The SMILES string of the molecule is CN(C(=O)C=Cc1cc(C(F)(F)F)ccc1Cl)C1CCNCC1. The molecule has 0 saturated carbocycles. The van der Waals surface area contributed by atoms with Crippen LogP contribution in [0, 0.1) is 0 Å². The number of piperidine rings is 1. The van der Waals surface area contributed by atoms with Gasteiger partial charge in [-0.05, 0) is 55.8 Å². The van der Waals surface area contributed by atoms with E-state index in [2.05, 4.69) is 5.32 Å². The summed E-state index contributed by atoms with van der Waals surface area (Å²) in [4.78, 5) is 13.8. The van der Waals surface area contributed by atoms with Crippen molar-refractivity contribution in [2.45, 2.75) is 25.1 Å². The van der Waals surface area contributed by atoms with Crippen LogP contribution >= 0.6 is 11.6 Å². The smallest absolute Gasteiger partial charge is 0.339 e. The molecule has 1 N–H and O–H groups in total. The molecule has 1 amide bonds. The minimum Gasteiger partial charge on any atom is -0.339 e.